The SMILES string of the molecule is COc1ccc(C([NH3+])CC(=O)OC(C)(C)C)cn1. The van der Waals surface area contributed by atoms with Gasteiger partial charge in [-0.3, -0.25) is 4.79 Å². The van der Waals surface area contributed by atoms with E-state index in [0.29, 0.717) is 5.88 Å². The zero-order chi connectivity index (χ0) is 13.8. The van der Waals surface area contributed by atoms with Gasteiger partial charge in [-0.1, -0.05) is 0 Å². The molecule has 0 amide bonds. The first-order valence-corrected chi connectivity index (χ1v) is 5.86. The summed E-state index contributed by atoms with van der Waals surface area (Å²) in [4.78, 5) is 15.7. The molecular formula is C13H21N2O3+. The lowest BCUT2D eigenvalue weighted by molar-refractivity contribution is -0.426. The van der Waals surface area contributed by atoms with Crippen molar-refractivity contribution in [3.05, 3.63) is 23.9 Å². The van der Waals surface area contributed by atoms with E-state index in [1.165, 1.54) is 0 Å². The number of pyridine rings is 1. The highest BCUT2D eigenvalue weighted by molar-refractivity contribution is 5.70. The largest absolute Gasteiger partial charge is 0.481 e. The van der Waals surface area contributed by atoms with E-state index >= 15 is 0 Å². The molecule has 1 unspecified atom stereocenters. The summed E-state index contributed by atoms with van der Waals surface area (Å²) in [5.41, 5.74) is 4.38. The summed E-state index contributed by atoms with van der Waals surface area (Å²) in [6.07, 6.45) is 1.91. The van der Waals surface area contributed by atoms with E-state index in [1.807, 2.05) is 26.8 Å². The van der Waals surface area contributed by atoms with Gasteiger partial charge in [-0.25, -0.2) is 4.98 Å². The van der Waals surface area contributed by atoms with Gasteiger partial charge in [0.25, 0.3) is 0 Å². The van der Waals surface area contributed by atoms with Crippen LogP contribution >= 0.6 is 0 Å². The second kappa shape index (κ2) is 5.82. The molecule has 0 aliphatic rings. The molecule has 3 N–H and O–H groups in total. The van der Waals surface area contributed by atoms with E-state index in [9.17, 15) is 4.79 Å². The predicted molar refractivity (Wildman–Crippen MR) is 66.9 cm³/mol. The number of aromatic nitrogens is 1. The van der Waals surface area contributed by atoms with E-state index in [1.54, 1.807) is 19.4 Å². The molecule has 1 aromatic rings. The molecule has 5 nitrogen and oxygen atoms in total. The summed E-state index contributed by atoms with van der Waals surface area (Å²) in [5.74, 6) is 0.293. The molecule has 0 spiro atoms. The van der Waals surface area contributed by atoms with Crippen molar-refractivity contribution < 1.29 is 20.0 Å². The van der Waals surface area contributed by atoms with Crippen LogP contribution in [0.15, 0.2) is 18.3 Å². The first kappa shape index (κ1) is 14.4. The highest BCUT2D eigenvalue weighted by Gasteiger charge is 2.21. The minimum Gasteiger partial charge on any atom is -0.481 e. The minimum atomic E-state index is -0.463. The number of esters is 1. The monoisotopic (exact) mass is 253 g/mol. The molecule has 18 heavy (non-hydrogen) atoms. The van der Waals surface area contributed by atoms with Crippen molar-refractivity contribution in [3.8, 4) is 5.88 Å². The van der Waals surface area contributed by atoms with Crippen LogP contribution in [0.25, 0.3) is 0 Å². The fraction of sp³-hybridized carbons (Fsp3) is 0.538. The summed E-state index contributed by atoms with van der Waals surface area (Å²) < 4.78 is 10.2. The first-order valence-electron chi connectivity index (χ1n) is 5.86. The minimum absolute atomic E-state index is 0.168. The van der Waals surface area contributed by atoms with Crippen LogP contribution < -0.4 is 10.5 Å². The zero-order valence-electron chi connectivity index (χ0n) is 11.4. The van der Waals surface area contributed by atoms with E-state index in [0.717, 1.165) is 5.56 Å². The number of methoxy groups -OCH3 is 1. The lowest BCUT2D eigenvalue weighted by Gasteiger charge is -2.20. The average Bonchev–Trinajstić information content (AvgIpc) is 2.26. The molecule has 0 aromatic carbocycles. The van der Waals surface area contributed by atoms with Gasteiger partial charge in [-0.15, -0.1) is 0 Å². The van der Waals surface area contributed by atoms with Crippen molar-refractivity contribution in [1.82, 2.24) is 4.98 Å². The van der Waals surface area contributed by atoms with Crippen molar-refractivity contribution in [2.24, 2.45) is 0 Å². The van der Waals surface area contributed by atoms with Crippen LogP contribution in [0, 0.1) is 0 Å². The van der Waals surface area contributed by atoms with Gasteiger partial charge in [0, 0.05) is 17.8 Å². The normalized spacial score (nSPS) is 12.9. The lowest BCUT2D eigenvalue weighted by Crippen LogP contribution is -2.54. The van der Waals surface area contributed by atoms with Gasteiger partial charge in [-0.2, -0.15) is 0 Å². The number of ether oxygens (including phenoxy) is 2. The average molecular weight is 253 g/mol. The number of hydrogen-bond donors (Lipinski definition) is 1. The van der Waals surface area contributed by atoms with Crippen LogP contribution in [0.3, 0.4) is 0 Å². The van der Waals surface area contributed by atoms with Gasteiger partial charge in [0.15, 0.2) is 0 Å². The fourth-order valence-electron chi connectivity index (χ4n) is 1.46. The standard InChI is InChI=1S/C13H20N2O3/c1-13(2,3)18-12(16)7-10(14)9-5-6-11(17-4)15-8-9/h5-6,8,10H,7,14H2,1-4H3/p+1. The second-order valence-electron chi connectivity index (χ2n) is 5.12. The molecule has 1 rings (SSSR count). The van der Waals surface area contributed by atoms with Crippen molar-refractivity contribution in [2.75, 3.05) is 7.11 Å². The molecule has 0 bridgehead atoms. The maximum Gasteiger partial charge on any atom is 0.312 e. The molecule has 0 fully saturated rings. The molecule has 5 heteroatoms. The Morgan fingerprint density at radius 3 is 2.56 bits per heavy atom. The van der Waals surface area contributed by atoms with Gasteiger partial charge in [0.05, 0.1) is 7.11 Å². The van der Waals surface area contributed by atoms with Gasteiger partial charge in [0.1, 0.15) is 18.1 Å². The van der Waals surface area contributed by atoms with E-state index in [4.69, 9.17) is 9.47 Å². The van der Waals surface area contributed by atoms with Gasteiger partial charge < -0.3 is 15.2 Å². The molecule has 0 radical (unpaired) electrons. The molecule has 1 atom stereocenters. The van der Waals surface area contributed by atoms with E-state index in [2.05, 4.69) is 10.7 Å². The maximum absolute atomic E-state index is 11.7. The van der Waals surface area contributed by atoms with Gasteiger partial charge >= 0.3 is 5.97 Å². The highest BCUT2D eigenvalue weighted by atomic mass is 16.6. The number of rotatable bonds is 4. The Bertz CT molecular complexity index is 396. The third kappa shape index (κ3) is 4.71. The van der Waals surface area contributed by atoms with Crippen LogP contribution in [-0.4, -0.2) is 23.7 Å². The van der Waals surface area contributed by atoms with Crippen molar-refractivity contribution in [2.45, 2.75) is 38.8 Å². The van der Waals surface area contributed by atoms with Crippen molar-refractivity contribution in [1.29, 1.82) is 0 Å². The van der Waals surface area contributed by atoms with Gasteiger partial charge in [0.2, 0.25) is 5.88 Å². The molecule has 0 saturated heterocycles. The molecule has 0 aliphatic heterocycles. The Morgan fingerprint density at radius 1 is 1.44 bits per heavy atom. The summed E-state index contributed by atoms with van der Waals surface area (Å²) in [5, 5.41) is 0. The van der Waals surface area contributed by atoms with E-state index < -0.39 is 5.60 Å². The molecule has 0 aliphatic carbocycles. The molecule has 1 heterocycles. The Morgan fingerprint density at radius 2 is 2.11 bits per heavy atom. The third-order valence-corrected chi connectivity index (χ3v) is 2.27. The van der Waals surface area contributed by atoms with Crippen LogP contribution in [0.5, 0.6) is 5.88 Å². The van der Waals surface area contributed by atoms with Crippen LogP contribution in [0.2, 0.25) is 0 Å². The zero-order valence-corrected chi connectivity index (χ0v) is 11.4. The maximum atomic E-state index is 11.7. The molecular weight excluding hydrogens is 232 g/mol. The Labute approximate surface area is 107 Å². The third-order valence-electron chi connectivity index (χ3n) is 2.27. The Kier molecular flexibility index (Phi) is 4.67. The van der Waals surface area contributed by atoms with Gasteiger partial charge in [-0.05, 0) is 26.8 Å². The summed E-state index contributed by atoms with van der Waals surface area (Å²) in [7, 11) is 1.56. The quantitative estimate of drug-likeness (QED) is 0.815. The highest BCUT2D eigenvalue weighted by Crippen LogP contribution is 2.16. The molecule has 100 valence electrons. The Hall–Kier alpha value is -1.62. The second-order valence-corrected chi connectivity index (χ2v) is 5.12. The topological polar surface area (TPSA) is 76.1 Å². The Balaban J connectivity index is 2.59. The lowest BCUT2D eigenvalue weighted by atomic mass is 10.1. The number of quaternary nitrogens is 1. The number of carbonyl (C=O) groups is 1. The molecule has 1 aromatic heterocycles. The van der Waals surface area contributed by atoms with Crippen LogP contribution in [0.4, 0.5) is 0 Å². The number of nitrogens with zero attached hydrogens (tertiary/aromatic N) is 1. The summed E-state index contributed by atoms with van der Waals surface area (Å²) >= 11 is 0. The molecule has 0 saturated carbocycles. The summed E-state index contributed by atoms with van der Waals surface area (Å²) in [6.45, 7) is 5.54. The van der Waals surface area contributed by atoms with Crippen molar-refractivity contribution in [3.63, 3.8) is 0 Å². The smallest absolute Gasteiger partial charge is 0.312 e. The van der Waals surface area contributed by atoms with E-state index in [-0.39, 0.29) is 18.4 Å². The van der Waals surface area contributed by atoms with Crippen molar-refractivity contribution >= 4 is 5.97 Å². The van der Waals surface area contributed by atoms with Crippen LogP contribution in [0.1, 0.15) is 38.8 Å². The summed E-state index contributed by atoms with van der Waals surface area (Å²) in [6, 6.07) is 3.44. The first-order chi connectivity index (χ1) is 8.31. The number of carbonyl (C=O) groups excluding carboxylic acids is 1. The van der Waals surface area contributed by atoms with Crippen LogP contribution in [-0.2, 0) is 9.53 Å². The fourth-order valence-corrected chi connectivity index (χ4v) is 1.46. The number of hydrogen-bond acceptors (Lipinski definition) is 4. The predicted octanol–water partition coefficient (Wildman–Crippen LogP) is 1.10.